The van der Waals surface area contributed by atoms with E-state index in [-0.39, 0.29) is 35.2 Å². The van der Waals surface area contributed by atoms with E-state index in [0.717, 1.165) is 24.2 Å². The van der Waals surface area contributed by atoms with Crippen molar-refractivity contribution >= 4 is 17.7 Å². The zero-order valence-electron chi connectivity index (χ0n) is 24.4. The van der Waals surface area contributed by atoms with Crippen LogP contribution in [0.25, 0.3) is 0 Å². The van der Waals surface area contributed by atoms with Gasteiger partial charge in [0.25, 0.3) is 5.91 Å². The summed E-state index contributed by atoms with van der Waals surface area (Å²) in [5.74, 6) is 0.911. The summed E-state index contributed by atoms with van der Waals surface area (Å²) in [5, 5.41) is 23.5. The summed E-state index contributed by atoms with van der Waals surface area (Å²) in [5.41, 5.74) is 1.42. The van der Waals surface area contributed by atoms with E-state index in [0.29, 0.717) is 18.4 Å². The predicted octanol–water partition coefficient (Wildman–Crippen LogP) is 5.71. The number of thioether (sulfide) groups is 1. The SMILES string of the molecule is CCC(O)(CC)COc1ccc(C(CC)(CC)C2=CC3C=CC(C(=O)NC(C)(C)C4OC4O)=CC3S2)cc1C. The van der Waals surface area contributed by atoms with E-state index < -0.39 is 17.4 Å². The lowest BCUT2D eigenvalue weighted by molar-refractivity contribution is -0.119. The molecule has 7 heteroatoms. The first kappa shape index (κ1) is 29.9. The van der Waals surface area contributed by atoms with Gasteiger partial charge >= 0.3 is 0 Å². The van der Waals surface area contributed by atoms with Crippen molar-refractivity contribution in [2.45, 2.75) is 108 Å². The van der Waals surface area contributed by atoms with Crippen LogP contribution in [0.4, 0.5) is 0 Å². The molecule has 0 radical (unpaired) electrons. The summed E-state index contributed by atoms with van der Waals surface area (Å²) in [6.07, 6.45) is 10.6. The Balaban J connectivity index is 1.50. The molecular weight excluding hydrogens is 510 g/mol. The molecule has 1 fully saturated rings. The largest absolute Gasteiger partial charge is 0.490 e. The predicted molar refractivity (Wildman–Crippen MR) is 158 cm³/mol. The van der Waals surface area contributed by atoms with E-state index in [1.807, 2.05) is 51.6 Å². The number of fused-ring (bicyclic) bond motifs is 1. The van der Waals surface area contributed by atoms with Crippen LogP contribution in [-0.4, -0.2) is 51.5 Å². The van der Waals surface area contributed by atoms with E-state index in [9.17, 15) is 15.0 Å². The van der Waals surface area contributed by atoms with Crippen LogP contribution in [0.5, 0.6) is 5.75 Å². The van der Waals surface area contributed by atoms with Crippen molar-refractivity contribution in [3.8, 4) is 5.75 Å². The molecule has 6 nitrogen and oxygen atoms in total. The lowest BCUT2D eigenvalue weighted by Gasteiger charge is -2.35. The first-order chi connectivity index (χ1) is 18.4. The number of nitrogens with one attached hydrogen (secondary N) is 1. The fourth-order valence-corrected chi connectivity index (χ4v) is 7.41. The number of aryl methyl sites for hydroxylation is 1. The molecule has 1 saturated heterocycles. The summed E-state index contributed by atoms with van der Waals surface area (Å²) < 4.78 is 11.3. The minimum absolute atomic E-state index is 0.121. The summed E-state index contributed by atoms with van der Waals surface area (Å²) in [6, 6.07) is 6.47. The molecule has 3 aliphatic rings. The van der Waals surface area contributed by atoms with Crippen LogP contribution in [0.2, 0.25) is 0 Å². The number of allylic oxidation sites excluding steroid dienone is 3. The molecule has 1 amide bonds. The van der Waals surface area contributed by atoms with E-state index >= 15 is 0 Å². The van der Waals surface area contributed by atoms with E-state index in [1.54, 1.807) is 0 Å². The summed E-state index contributed by atoms with van der Waals surface area (Å²) in [7, 11) is 0. The minimum Gasteiger partial charge on any atom is -0.490 e. The average Bonchev–Trinajstić information content (AvgIpc) is 3.52. The molecule has 39 heavy (non-hydrogen) atoms. The highest BCUT2D eigenvalue weighted by atomic mass is 32.2. The first-order valence-corrected chi connectivity index (χ1v) is 15.2. The maximum Gasteiger partial charge on any atom is 0.251 e. The van der Waals surface area contributed by atoms with Crippen molar-refractivity contribution in [1.82, 2.24) is 5.32 Å². The Morgan fingerprint density at radius 2 is 1.77 bits per heavy atom. The number of benzene rings is 1. The molecule has 2 heterocycles. The Labute approximate surface area is 237 Å². The molecule has 0 aromatic heterocycles. The molecule has 3 N–H and O–H groups in total. The molecule has 1 aromatic carbocycles. The van der Waals surface area contributed by atoms with E-state index in [4.69, 9.17) is 9.47 Å². The maximum absolute atomic E-state index is 13.1. The van der Waals surface area contributed by atoms with Gasteiger partial charge in [-0.2, -0.15) is 0 Å². The Kier molecular flexibility index (Phi) is 8.77. The molecule has 0 saturated carbocycles. The Hall–Kier alpha value is -2.06. The topological polar surface area (TPSA) is 91.3 Å². The molecule has 214 valence electrons. The third-order valence-electron chi connectivity index (χ3n) is 8.92. The fraction of sp³-hybridized carbons (Fsp3) is 0.594. The van der Waals surface area contributed by atoms with E-state index in [2.05, 4.69) is 56.4 Å². The van der Waals surface area contributed by atoms with Crippen LogP contribution in [0, 0.1) is 12.8 Å². The quantitative estimate of drug-likeness (QED) is 0.286. The van der Waals surface area contributed by atoms with Gasteiger partial charge in [-0.3, -0.25) is 4.79 Å². The van der Waals surface area contributed by atoms with Crippen LogP contribution in [-0.2, 0) is 14.9 Å². The van der Waals surface area contributed by atoms with Crippen molar-refractivity contribution < 1.29 is 24.5 Å². The zero-order chi connectivity index (χ0) is 28.6. The summed E-state index contributed by atoms with van der Waals surface area (Å²) in [6.45, 7) is 14.6. The van der Waals surface area contributed by atoms with Crippen LogP contribution in [0.15, 0.2) is 53.0 Å². The highest BCUT2D eigenvalue weighted by molar-refractivity contribution is 8.04. The molecule has 0 bridgehead atoms. The smallest absolute Gasteiger partial charge is 0.251 e. The van der Waals surface area contributed by atoms with Gasteiger partial charge in [0, 0.05) is 22.2 Å². The van der Waals surface area contributed by atoms with Gasteiger partial charge in [-0.1, -0.05) is 64.1 Å². The Bertz CT molecular complexity index is 1160. The highest BCUT2D eigenvalue weighted by Gasteiger charge is 2.50. The second kappa shape index (κ2) is 11.4. The number of amides is 1. The maximum atomic E-state index is 13.1. The molecule has 2 aliphatic heterocycles. The van der Waals surface area contributed by atoms with Gasteiger partial charge in [-0.05, 0) is 68.6 Å². The van der Waals surface area contributed by atoms with Crippen molar-refractivity contribution in [2.24, 2.45) is 5.92 Å². The Morgan fingerprint density at radius 3 is 2.33 bits per heavy atom. The third kappa shape index (κ3) is 6.02. The zero-order valence-corrected chi connectivity index (χ0v) is 25.2. The van der Waals surface area contributed by atoms with Gasteiger partial charge in [0.15, 0.2) is 6.29 Å². The normalized spacial score (nSPS) is 24.6. The summed E-state index contributed by atoms with van der Waals surface area (Å²) >= 11 is 1.86. The average molecular weight is 556 g/mol. The molecule has 4 atom stereocenters. The number of ether oxygens (including phenoxy) is 2. The van der Waals surface area contributed by atoms with Crippen LogP contribution in [0.1, 0.15) is 78.4 Å². The van der Waals surface area contributed by atoms with Crippen molar-refractivity contribution in [1.29, 1.82) is 0 Å². The number of rotatable bonds is 12. The van der Waals surface area contributed by atoms with Gasteiger partial charge in [-0.25, -0.2) is 0 Å². The second-order valence-electron chi connectivity index (χ2n) is 11.8. The number of aliphatic hydroxyl groups is 2. The first-order valence-electron chi connectivity index (χ1n) is 14.3. The van der Waals surface area contributed by atoms with E-state index in [1.165, 1.54) is 10.5 Å². The second-order valence-corrected chi connectivity index (χ2v) is 13.0. The van der Waals surface area contributed by atoms with Crippen molar-refractivity contribution in [2.75, 3.05) is 6.61 Å². The standard InChI is InChI=1S/C32H45NO5S/c1-8-31(36,9-2)19-37-24-15-14-23(16-20(24)5)32(10-3,11-4)26-18-21-12-13-22(17-25(21)39-26)28(34)33-30(6,7)27-29(35)38-27/h12-18,21,25,27,29,35-36H,8-11,19H2,1-7H3,(H,33,34). The highest BCUT2D eigenvalue weighted by Crippen LogP contribution is 2.53. The molecule has 4 unspecified atom stereocenters. The van der Waals surface area contributed by atoms with Crippen LogP contribution >= 0.6 is 11.8 Å². The summed E-state index contributed by atoms with van der Waals surface area (Å²) in [4.78, 5) is 14.4. The van der Waals surface area contributed by atoms with Gasteiger partial charge in [0.2, 0.25) is 0 Å². The lowest BCUT2D eigenvalue weighted by atomic mass is 9.74. The van der Waals surface area contributed by atoms with Gasteiger partial charge in [-0.15, -0.1) is 11.8 Å². The molecule has 1 aromatic rings. The van der Waals surface area contributed by atoms with Gasteiger partial charge in [0.1, 0.15) is 18.5 Å². The minimum atomic E-state index is -0.811. The number of carbonyl (C=O) groups excluding carboxylic acids is 1. The number of aliphatic hydroxyl groups excluding tert-OH is 1. The van der Waals surface area contributed by atoms with Crippen LogP contribution in [0.3, 0.4) is 0 Å². The number of epoxide rings is 1. The van der Waals surface area contributed by atoms with Gasteiger partial charge in [0.05, 0.1) is 11.1 Å². The van der Waals surface area contributed by atoms with Crippen LogP contribution < -0.4 is 10.1 Å². The lowest BCUT2D eigenvalue weighted by Crippen LogP contribution is -2.49. The fourth-order valence-electron chi connectivity index (χ4n) is 5.71. The number of carbonyl (C=O) groups is 1. The van der Waals surface area contributed by atoms with Crippen molar-refractivity contribution in [3.63, 3.8) is 0 Å². The molecular formula is C32H45NO5S. The molecule has 4 rings (SSSR count). The third-order valence-corrected chi connectivity index (χ3v) is 10.4. The molecule has 1 aliphatic carbocycles. The number of hydrogen-bond acceptors (Lipinski definition) is 6. The number of hydrogen-bond donors (Lipinski definition) is 3. The van der Waals surface area contributed by atoms with Gasteiger partial charge < -0.3 is 25.0 Å². The monoisotopic (exact) mass is 555 g/mol. The molecule has 0 spiro atoms. The Morgan fingerprint density at radius 1 is 1.10 bits per heavy atom. The van der Waals surface area contributed by atoms with Crippen molar-refractivity contribution in [3.05, 3.63) is 64.1 Å².